The normalized spacial score (nSPS) is 27.8. The molecule has 0 unspecified atom stereocenters. The Morgan fingerprint density at radius 1 is 1.33 bits per heavy atom. The summed E-state index contributed by atoms with van der Waals surface area (Å²) in [7, 11) is 1.69. The highest BCUT2D eigenvalue weighted by Crippen LogP contribution is 2.42. The molecule has 0 aromatic heterocycles. The number of carboxylic acid groups (broad SMARTS) is 1. The Balaban J connectivity index is 2.15. The molecule has 3 atom stereocenters. The highest BCUT2D eigenvalue weighted by atomic mass is 16.5. The monoisotopic (exact) mass is 248 g/mol. The molecule has 3 nitrogen and oxygen atoms in total. The average molecular weight is 248 g/mol. The summed E-state index contributed by atoms with van der Waals surface area (Å²) in [5, 5.41) is 9.14. The maximum Gasteiger partial charge on any atom is 0.306 e. The van der Waals surface area contributed by atoms with E-state index in [2.05, 4.69) is 6.07 Å². The van der Waals surface area contributed by atoms with Gasteiger partial charge in [0.25, 0.3) is 0 Å². The second kappa shape index (κ2) is 5.42. The zero-order valence-electron chi connectivity index (χ0n) is 10.9. The first-order chi connectivity index (χ1) is 8.63. The van der Waals surface area contributed by atoms with E-state index in [0.717, 1.165) is 25.0 Å². The Hall–Kier alpha value is -1.51. The van der Waals surface area contributed by atoms with Crippen LogP contribution in [0.3, 0.4) is 0 Å². The summed E-state index contributed by atoms with van der Waals surface area (Å²) in [4.78, 5) is 11.1. The molecule has 1 fully saturated rings. The van der Waals surface area contributed by atoms with Crippen LogP contribution in [-0.2, 0) is 4.79 Å². The van der Waals surface area contributed by atoms with Gasteiger partial charge < -0.3 is 9.84 Å². The number of hydrogen-bond donors (Lipinski definition) is 1. The predicted molar refractivity (Wildman–Crippen MR) is 69.9 cm³/mol. The van der Waals surface area contributed by atoms with Crippen LogP contribution in [0.2, 0.25) is 0 Å². The van der Waals surface area contributed by atoms with Gasteiger partial charge in [-0.15, -0.1) is 0 Å². The first-order valence-electron chi connectivity index (χ1n) is 6.49. The Bertz CT molecular complexity index is 428. The molecule has 0 radical (unpaired) electrons. The van der Waals surface area contributed by atoms with Crippen LogP contribution in [0.1, 0.15) is 37.7 Å². The van der Waals surface area contributed by atoms with Crippen LogP contribution < -0.4 is 4.74 Å². The topological polar surface area (TPSA) is 46.5 Å². The van der Waals surface area contributed by atoms with Gasteiger partial charge in [-0.1, -0.05) is 25.1 Å². The van der Waals surface area contributed by atoms with E-state index in [1.807, 2.05) is 25.1 Å². The largest absolute Gasteiger partial charge is 0.496 e. The molecule has 0 heterocycles. The number of rotatable bonds is 3. The molecule has 2 rings (SSSR count). The van der Waals surface area contributed by atoms with Crippen LogP contribution in [0.4, 0.5) is 0 Å². The van der Waals surface area contributed by atoms with E-state index in [4.69, 9.17) is 9.84 Å². The zero-order chi connectivity index (χ0) is 13.1. The molecule has 18 heavy (non-hydrogen) atoms. The third kappa shape index (κ3) is 2.50. The van der Waals surface area contributed by atoms with E-state index >= 15 is 0 Å². The lowest BCUT2D eigenvalue weighted by atomic mass is 9.72. The molecule has 3 heteroatoms. The minimum atomic E-state index is -0.652. The Kier molecular flexibility index (Phi) is 3.90. The van der Waals surface area contributed by atoms with Crippen molar-refractivity contribution in [2.75, 3.05) is 7.11 Å². The van der Waals surface area contributed by atoms with E-state index in [9.17, 15) is 4.79 Å². The molecule has 98 valence electrons. The smallest absolute Gasteiger partial charge is 0.306 e. The summed E-state index contributed by atoms with van der Waals surface area (Å²) < 4.78 is 5.39. The second-order valence-corrected chi connectivity index (χ2v) is 5.17. The maximum absolute atomic E-state index is 11.1. The van der Waals surface area contributed by atoms with Gasteiger partial charge in [0.05, 0.1) is 13.0 Å². The van der Waals surface area contributed by atoms with Crippen molar-refractivity contribution in [2.24, 2.45) is 11.8 Å². The van der Waals surface area contributed by atoms with Crippen molar-refractivity contribution in [3.8, 4) is 5.75 Å². The van der Waals surface area contributed by atoms with Gasteiger partial charge in [0, 0.05) is 0 Å². The SMILES string of the molecule is COc1ccccc1[C@@H]1CC[C@@H](C(=O)O)[C@H](C)C1. The number of methoxy groups -OCH3 is 1. The fourth-order valence-electron chi connectivity index (χ4n) is 3.05. The van der Waals surface area contributed by atoms with Crippen molar-refractivity contribution in [3.05, 3.63) is 29.8 Å². The summed E-state index contributed by atoms with van der Waals surface area (Å²) in [5.41, 5.74) is 1.22. The minimum absolute atomic E-state index is 0.184. The van der Waals surface area contributed by atoms with Gasteiger partial charge in [0.15, 0.2) is 0 Å². The van der Waals surface area contributed by atoms with Crippen molar-refractivity contribution in [3.63, 3.8) is 0 Å². The van der Waals surface area contributed by atoms with Gasteiger partial charge in [0.1, 0.15) is 5.75 Å². The van der Waals surface area contributed by atoms with E-state index in [1.54, 1.807) is 7.11 Å². The Morgan fingerprint density at radius 3 is 2.67 bits per heavy atom. The lowest BCUT2D eigenvalue weighted by Crippen LogP contribution is -2.28. The van der Waals surface area contributed by atoms with Gasteiger partial charge in [0.2, 0.25) is 0 Å². The molecule has 0 bridgehead atoms. The first kappa shape index (κ1) is 12.9. The van der Waals surface area contributed by atoms with E-state index in [-0.39, 0.29) is 11.8 Å². The summed E-state index contributed by atoms with van der Waals surface area (Å²) in [6.45, 7) is 2.04. The van der Waals surface area contributed by atoms with Crippen molar-refractivity contribution in [1.82, 2.24) is 0 Å². The van der Waals surface area contributed by atoms with Crippen LogP contribution in [0.15, 0.2) is 24.3 Å². The van der Waals surface area contributed by atoms with Crippen LogP contribution >= 0.6 is 0 Å². The molecule has 0 aliphatic heterocycles. The summed E-state index contributed by atoms with van der Waals surface area (Å²) in [6.07, 6.45) is 2.62. The Labute approximate surface area is 108 Å². The molecule has 1 aromatic rings. The van der Waals surface area contributed by atoms with Crippen molar-refractivity contribution < 1.29 is 14.6 Å². The van der Waals surface area contributed by atoms with Crippen LogP contribution in [0.25, 0.3) is 0 Å². The molecule has 1 N–H and O–H groups in total. The molecular formula is C15H20O3. The predicted octanol–water partition coefficient (Wildman–Crippen LogP) is 3.30. The minimum Gasteiger partial charge on any atom is -0.496 e. The third-order valence-electron chi connectivity index (χ3n) is 4.07. The van der Waals surface area contributed by atoms with Crippen LogP contribution in [0.5, 0.6) is 5.75 Å². The van der Waals surface area contributed by atoms with E-state index in [1.165, 1.54) is 5.56 Å². The molecule has 1 aliphatic rings. The standard InChI is InChI=1S/C15H20O3/c1-10-9-11(7-8-12(10)15(16)17)13-5-3-4-6-14(13)18-2/h3-6,10-12H,7-9H2,1-2H3,(H,16,17)/t10-,11-,12-/m1/s1. The average Bonchev–Trinajstić information content (AvgIpc) is 2.38. The number of carbonyl (C=O) groups is 1. The summed E-state index contributed by atoms with van der Waals surface area (Å²) >= 11 is 0. The molecular weight excluding hydrogens is 228 g/mol. The number of para-hydroxylation sites is 1. The number of hydrogen-bond acceptors (Lipinski definition) is 2. The van der Waals surface area contributed by atoms with E-state index in [0.29, 0.717) is 5.92 Å². The van der Waals surface area contributed by atoms with Gasteiger partial charge in [-0.2, -0.15) is 0 Å². The van der Waals surface area contributed by atoms with Crippen molar-refractivity contribution in [2.45, 2.75) is 32.1 Å². The number of benzene rings is 1. The highest BCUT2D eigenvalue weighted by Gasteiger charge is 2.33. The van der Waals surface area contributed by atoms with Gasteiger partial charge in [-0.05, 0) is 42.7 Å². The number of ether oxygens (including phenoxy) is 1. The summed E-state index contributed by atoms with van der Waals surface area (Å²) in [6, 6.07) is 8.06. The Morgan fingerprint density at radius 2 is 2.06 bits per heavy atom. The second-order valence-electron chi connectivity index (χ2n) is 5.17. The lowest BCUT2D eigenvalue weighted by Gasteiger charge is -2.32. The third-order valence-corrected chi connectivity index (χ3v) is 4.07. The van der Waals surface area contributed by atoms with Gasteiger partial charge in [-0.3, -0.25) is 4.79 Å². The molecule has 1 aromatic carbocycles. The van der Waals surface area contributed by atoms with Crippen molar-refractivity contribution >= 4 is 5.97 Å². The zero-order valence-corrected chi connectivity index (χ0v) is 10.9. The highest BCUT2D eigenvalue weighted by molar-refractivity contribution is 5.70. The quantitative estimate of drug-likeness (QED) is 0.892. The lowest BCUT2D eigenvalue weighted by molar-refractivity contribution is -0.144. The maximum atomic E-state index is 11.1. The van der Waals surface area contributed by atoms with Gasteiger partial charge >= 0.3 is 5.97 Å². The van der Waals surface area contributed by atoms with E-state index < -0.39 is 5.97 Å². The molecule has 0 amide bonds. The summed E-state index contributed by atoms with van der Waals surface area (Å²) in [5.74, 6) is 0.735. The molecule has 0 saturated heterocycles. The van der Waals surface area contributed by atoms with Crippen LogP contribution in [-0.4, -0.2) is 18.2 Å². The van der Waals surface area contributed by atoms with Crippen molar-refractivity contribution in [1.29, 1.82) is 0 Å². The van der Waals surface area contributed by atoms with Gasteiger partial charge in [-0.25, -0.2) is 0 Å². The fraction of sp³-hybridized carbons (Fsp3) is 0.533. The number of carboxylic acids is 1. The molecule has 0 spiro atoms. The first-order valence-corrected chi connectivity index (χ1v) is 6.49. The molecule has 1 aliphatic carbocycles. The fourth-order valence-corrected chi connectivity index (χ4v) is 3.05. The molecule has 1 saturated carbocycles. The van der Waals surface area contributed by atoms with Crippen LogP contribution in [0, 0.1) is 11.8 Å². The number of aliphatic carboxylic acids is 1.